The van der Waals surface area contributed by atoms with Crippen LogP contribution in [0.15, 0.2) is 0 Å². The summed E-state index contributed by atoms with van der Waals surface area (Å²) in [5, 5.41) is 0. The second-order valence-electron chi connectivity index (χ2n) is 4.54. The number of piperidine rings is 1. The highest BCUT2D eigenvalue weighted by Crippen LogP contribution is 2.38. The summed E-state index contributed by atoms with van der Waals surface area (Å²) in [6, 6.07) is 0. The number of carbonyl (C=O) groups is 1. The Morgan fingerprint density at radius 2 is 2.00 bits per heavy atom. The van der Waals surface area contributed by atoms with Gasteiger partial charge in [-0.2, -0.15) is 0 Å². The molecule has 1 saturated carbocycles. The topological polar surface area (TPSA) is 29.5 Å². The molecule has 0 bridgehead atoms. The van der Waals surface area contributed by atoms with Gasteiger partial charge in [0.15, 0.2) is 0 Å². The van der Waals surface area contributed by atoms with E-state index in [4.69, 9.17) is 4.74 Å². The Labute approximate surface area is 85.4 Å². The Balaban J connectivity index is 1.95. The average Bonchev–Trinajstić information content (AvgIpc) is 2.13. The molecule has 0 aromatic carbocycles. The van der Waals surface area contributed by atoms with Gasteiger partial charge in [0, 0.05) is 38.6 Å². The zero-order valence-corrected chi connectivity index (χ0v) is 8.92. The molecule has 2 fully saturated rings. The molecule has 0 aromatic rings. The Kier molecular flexibility index (Phi) is 2.88. The number of nitrogens with zero attached hydrogens (tertiary/aromatic N) is 1. The molecule has 1 aliphatic carbocycles. The number of likely N-dealkylation sites (tertiary alicyclic amines) is 1. The molecule has 1 heterocycles. The van der Waals surface area contributed by atoms with E-state index in [9.17, 15) is 4.79 Å². The van der Waals surface area contributed by atoms with Crippen LogP contribution in [-0.2, 0) is 9.53 Å². The molecule has 80 valence electrons. The van der Waals surface area contributed by atoms with Gasteiger partial charge in [0.2, 0.25) is 0 Å². The Hall–Kier alpha value is -0.410. The van der Waals surface area contributed by atoms with Gasteiger partial charge >= 0.3 is 0 Å². The van der Waals surface area contributed by atoms with Gasteiger partial charge in [0.25, 0.3) is 0 Å². The summed E-state index contributed by atoms with van der Waals surface area (Å²) in [6.45, 7) is 2.73. The highest BCUT2D eigenvalue weighted by atomic mass is 16.5. The van der Waals surface area contributed by atoms with E-state index >= 15 is 0 Å². The first kappa shape index (κ1) is 10.1. The van der Waals surface area contributed by atoms with E-state index < -0.39 is 0 Å². The molecule has 0 aromatic heterocycles. The molecule has 2 aliphatic rings. The van der Waals surface area contributed by atoms with Crippen LogP contribution in [0, 0.1) is 0 Å². The summed E-state index contributed by atoms with van der Waals surface area (Å²) in [7, 11) is 1.77. The fourth-order valence-corrected chi connectivity index (χ4v) is 2.64. The van der Waals surface area contributed by atoms with Crippen LogP contribution < -0.4 is 0 Å². The predicted molar refractivity (Wildman–Crippen MR) is 54.3 cm³/mol. The number of hydrogen-bond donors (Lipinski definition) is 0. The van der Waals surface area contributed by atoms with E-state index in [1.807, 2.05) is 0 Å². The third kappa shape index (κ3) is 1.71. The summed E-state index contributed by atoms with van der Waals surface area (Å²) < 4.78 is 5.30. The van der Waals surface area contributed by atoms with Crippen LogP contribution in [0.4, 0.5) is 0 Å². The van der Waals surface area contributed by atoms with Gasteiger partial charge in [0.1, 0.15) is 5.78 Å². The number of Topliss-reactive ketones (excluding diaryl/α,β-unsaturated/α-hetero) is 1. The predicted octanol–water partition coefficient (Wildman–Crippen LogP) is 1.22. The molecular formula is C11H19NO2. The van der Waals surface area contributed by atoms with Crippen LogP contribution in [-0.4, -0.2) is 43.0 Å². The lowest BCUT2D eigenvalue weighted by atomic mass is 9.75. The standard InChI is InChI=1S/C11H19NO2/c1-14-9-11(5-2-6-11)12-7-3-10(13)4-8-12/h2-9H2,1H3. The van der Waals surface area contributed by atoms with E-state index in [0.717, 1.165) is 32.5 Å². The summed E-state index contributed by atoms with van der Waals surface area (Å²) in [5.41, 5.74) is 0.287. The monoisotopic (exact) mass is 197 g/mol. The summed E-state index contributed by atoms with van der Waals surface area (Å²) >= 11 is 0. The molecule has 3 nitrogen and oxygen atoms in total. The lowest BCUT2D eigenvalue weighted by molar-refractivity contribution is -0.125. The minimum atomic E-state index is 0.287. The molecule has 2 rings (SSSR count). The van der Waals surface area contributed by atoms with Crippen LogP contribution >= 0.6 is 0 Å². The Morgan fingerprint density at radius 1 is 1.36 bits per heavy atom. The molecule has 0 amide bonds. The molecule has 14 heavy (non-hydrogen) atoms. The van der Waals surface area contributed by atoms with Gasteiger partial charge in [-0.3, -0.25) is 9.69 Å². The number of hydrogen-bond acceptors (Lipinski definition) is 3. The highest BCUT2D eigenvalue weighted by Gasteiger charge is 2.43. The van der Waals surface area contributed by atoms with Crippen molar-refractivity contribution in [2.75, 3.05) is 26.8 Å². The average molecular weight is 197 g/mol. The lowest BCUT2D eigenvalue weighted by Gasteiger charge is -2.51. The second kappa shape index (κ2) is 3.99. The van der Waals surface area contributed by atoms with E-state index in [-0.39, 0.29) is 5.54 Å². The summed E-state index contributed by atoms with van der Waals surface area (Å²) in [5.74, 6) is 0.424. The molecular weight excluding hydrogens is 178 g/mol. The van der Waals surface area contributed by atoms with E-state index in [0.29, 0.717) is 5.78 Å². The first-order chi connectivity index (χ1) is 6.77. The minimum Gasteiger partial charge on any atom is -0.383 e. The fourth-order valence-electron chi connectivity index (χ4n) is 2.64. The lowest BCUT2D eigenvalue weighted by Crippen LogP contribution is -2.58. The molecule has 0 unspecified atom stereocenters. The molecule has 0 spiro atoms. The Bertz CT molecular complexity index is 213. The van der Waals surface area contributed by atoms with Gasteiger partial charge in [-0.1, -0.05) is 0 Å². The van der Waals surface area contributed by atoms with Crippen LogP contribution in [0.25, 0.3) is 0 Å². The quantitative estimate of drug-likeness (QED) is 0.681. The molecule has 1 aliphatic heterocycles. The normalized spacial score (nSPS) is 27.4. The third-order valence-electron chi connectivity index (χ3n) is 3.69. The highest BCUT2D eigenvalue weighted by molar-refractivity contribution is 5.79. The Morgan fingerprint density at radius 3 is 2.43 bits per heavy atom. The molecule has 0 radical (unpaired) electrons. The van der Waals surface area contributed by atoms with Gasteiger partial charge in [0.05, 0.1) is 6.61 Å². The van der Waals surface area contributed by atoms with Gasteiger partial charge < -0.3 is 4.74 Å². The maximum Gasteiger partial charge on any atom is 0.135 e. The van der Waals surface area contributed by atoms with Crippen molar-refractivity contribution in [3.8, 4) is 0 Å². The smallest absolute Gasteiger partial charge is 0.135 e. The number of carbonyl (C=O) groups excluding carboxylic acids is 1. The zero-order chi connectivity index (χ0) is 10.0. The van der Waals surface area contributed by atoms with Crippen LogP contribution in [0.2, 0.25) is 0 Å². The maximum atomic E-state index is 11.1. The molecule has 0 atom stereocenters. The van der Waals surface area contributed by atoms with Crippen molar-refractivity contribution in [3.63, 3.8) is 0 Å². The van der Waals surface area contributed by atoms with Crippen molar-refractivity contribution in [2.45, 2.75) is 37.6 Å². The second-order valence-corrected chi connectivity index (χ2v) is 4.54. The maximum absolute atomic E-state index is 11.1. The number of ether oxygens (including phenoxy) is 1. The van der Waals surface area contributed by atoms with Gasteiger partial charge in [-0.25, -0.2) is 0 Å². The van der Waals surface area contributed by atoms with Gasteiger partial charge in [-0.15, -0.1) is 0 Å². The van der Waals surface area contributed by atoms with Crippen molar-refractivity contribution in [1.82, 2.24) is 4.90 Å². The van der Waals surface area contributed by atoms with E-state index in [1.54, 1.807) is 7.11 Å². The van der Waals surface area contributed by atoms with E-state index in [1.165, 1.54) is 19.3 Å². The van der Waals surface area contributed by atoms with E-state index in [2.05, 4.69) is 4.90 Å². The summed E-state index contributed by atoms with van der Waals surface area (Å²) in [6.07, 6.45) is 5.29. The van der Waals surface area contributed by atoms with Crippen molar-refractivity contribution >= 4 is 5.78 Å². The zero-order valence-electron chi connectivity index (χ0n) is 8.92. The number of methoxy groups -OCH3 is 1. The number of rotatable bonds is 3. The number of ketones is 1. The van der Waals surface area contributed by atoms with Crippen molar-refractivity contribution in [3.05, 3.63) is 0 Å². The van der Waals surface area contributed by atoms with Crippen molar-refractivity contribution in [1.29, 1.82) is 0 Å². The first-order valence-corrected chi connectivity index (χ1v) is 5.52. The molecule has 1 saturated heterocycles. The largest absolute Gasteiger partial charge is 0.383 e. The van der Waals surface area contributed by atoms with Crippen LogP contribution in [0.3, 0.4) is 0 Å². The molecule has 3 heteroatoms. The van der Waals surface area contributed by atoms with Crippen molar-refractivity contribution in [2.24, 2.45) is 0 Å². The van der Waals surface area contributed by atoms with Gasteiger partial charge in [-0.05, 0) is 19.3 Å². The van der Waals surface area contributed by atoms with Crippen LogP contribution in [0.5, 0.6) is 0 Å². The summed E-state index contributed by atoms with van der Waals surface area (Å²) in [4.78, 5) is 13.6. The fraction of sp³-hybridized carbons (Fsp3) is 0.909. The SMILES string of the molecule is COCC1(N2CCC(=O)CC2)CCC1. The minimum absolute atomic E-state index is 0.287. The first-order valence-electron chi connectivity index (χ1n) is 5.52. The van der Waals surface area contributed by atoms with Crippen molar-refractivity contribution < 1.29 is 9.53 Å². The third-order valence-corrected chi connectivity index (χ3v) is 3.69. The molecule has 0 N–H and O–H groups in total. The van der Waals surface area contributed by atoms with Crippen LogP contribution in [0.1, 0.15) is 32.1 Å².